The highest BCUT2D eigenvalue weighted by Gasteiger charge is 2.34. The molecule has 108 valence electrons. The number of halogens is 4. The van der Waals surface area contributed by atoms with E-state index in [2.05, 4.69) is 0 Å². The lowest BCUT2D eigenvalue weighted by molar-refractivity contribution is -0.139. The number of para-hydroxylation sites is 1. The van der Waals surface area contributed by atoms with Crippen molar-refractivity contribution in [2.24, 2.45) is 0 Å². The molecule has 0 heterocycles. The first kappa shape index (κ1) is 14.9. The van der Waals surface area contributed by atoms with Crippen LogP contribution in [-0.4, -0.2) is 0 Å². The number of nitrogens with zero attached hydrogens (tertiary/aromatic N) is 1. The Morgan fingerprint density at radius 3 is 2.48 bits per heavy atom. The molecule has 0 saturated heterocycles. The standard InChI is InChI=1S/C15H9F4NO/c16-13-6-5-10(8-20)7-11(13)9-21-14-4-2-1-3-12(14)15(17,18)19/h1-7H,9H2. The smallest absolute Gasteiger partial charge is 0.419 e. The van der Waals surface area contributed by atoms with Crippen LogP contribution in [0, 0.1) is 17.1 Å². The van der Waals surface area contributed by atoms with Crippen LogP contribution in [0.5, 0.6) is 5.75 Å². The lowest BCUT2D eigenvalue weighted by atomic mass is 10.1. The van der Waals surface area contributed by atoms with Crippen LogP contribution >= 0.6 is 0 Å². The van der Waals surface area contributed by atoms with Crippen LogP contribution in [0.4, 0.5) is 17.6 Å². The van der Waals surface area contributed by atoms with Gasteiger partial charge >= 0.3 is 6.18 Å². The Kier molecular flexibility index (Phi) is 4.13. The minimum absolute atomic E-state index is 0.0195. The normalized spacial score (nSPS) is 11.0. The van der Waals surface area contributed by atoms with Crippen LogP contribution in [-0.2, 0) is 12.8 Å². The predicted molar refractivity (Wildman–Crippen MR) is 66.9 cm³/mol. The molecule has 2 rings (SSSR count). The van der Waals surface area contributed by atoms with E-state index in [1.807, 2.05) is 6.07 Å². The number of hydrogen-bond donors (Lipinski definition) is 0. The van der Waals surface area contributed by atoms with Crippen molar-refractivity contribution in [1.29, 1.82) is 5.26 Å². The highest BCUT2D eigenvalue weighted by molar-refractivity contribution is 5.37. The summed E-state index contributed by atoms with van der Waals surface area (Å²) >= 11 is 0. The van der Waals surface area contributed by atoms with E-state index < -0.39 is 24.2 Å². The molecule has 2 aromatic rings. The van der Waals surface area contributed by atoms with Gasteiger partial charge in [-0.15, -0.1) is 0 Å². The van der Waals surface area contributed by atoms with Gasteiger partial charge in [-0.3, -0.25) is 0 Å². The molecule has 0 aromatic heterocycles. The Balaban J connectivity index is 2.24. The van der Waals surface area contributed by atoms with E-state index in [9.17, 15) is 17.6 Å². The van der Waals surface area contributed by atoms with Crippen LogP contribution < -0.4 is 4.74 Å². The molecule has 0 aliphatic carbocycles. The van der Waals surface area contributed by atoms with Crippen LogP contribution in [0.25, 0.3) is 0 Å². The third-order valence-electron chi connectivity index (χ3n) is 2.75. The second kappa shape index (κ2) is 5.83. The van der Waals surface area contributed by atoms with Crippen molar-refractivity contribution in [3.05, 3.63) is 65.0 Å². The highest BCUT2D eigenvalue weighted by Crippen LogP contribution is 2.36. The second-order valence-corrected chi connectivity index (χ2v) is 4.20. The molecule has 2 nitrogen and oxygen atoms in total. The molecule has 0 atom stereocenters. The quantitative estimate of drug-likeness (QED) is 0.791. The summed E-state index contributed by atoms with van der Waals surface area (Å²) in [4.78, 5) is 0. The molecule has 0 fully saturated rings. The molecular weight excluding hydrogens is 286 g/mol. The van der Waals surface area contributed by atoms with Gasteiger partial charge in [-0.1, -0.05) is 12.1 Å². The molecule has 0 aliphatic heterocycles. The van der Waals surface area contributed by atoms with E-state index in [0.29, 0.717) is 0 Å². The van der Waals surface area contributed by atoms with E-state index >= 15 is 0 Å². The Morgan fingerprint density at radius 2 is 1.81 bits per heavy atom. The Morgan fingerprint density at radius 1 is 1.10 bits per heavy atom. The van der Waals surface area contributed by atoms with Crippen LogP contribution in [0.1, 0.15) is 16.7 Å². The third kappa shape index (κ3) is 3.51. The number of hydrogen-bond acceptors (Lipinski definition) is 2. The maximum absolute atomic E-state index is 13.5. The van der Waals surface area contributed by atoms with Gasteiger partial charge in [-0.2, -0.15) is 18.4 Å². The number of nitriles is 1. The highest BCUT2D eigenvalue weighted by atomic mass is 19.4. The third-order valence-corrected chi connectivity index (χ3v) is 2.75. The summed E-state index contributed by atoms with van der Waals surface area (Å²) in [6.07, 6.45) is -4.55. The van der Waals surface area contributed by atoms with E-state index in [-0.39, 0.29) is 16.9 Å². The summed E-state index contributed by atoms with van der Waals surface area (Å²) in [5.74, 6) is -1.02. The zero-order valence-corrected chi connectivity index (χ0v) is 10.6. The van der Waals surface area contributed by atoms with Crippen LogP contribution in [0.2, 0.25) is 0 Å². The Labute approximate surface area is 118 Å². The molecule has 0 unspecified atom stereocenters. The maximum Gasteiger partial charge on any atom is 0.419 e. The van der Waals surface area contributed by atoms with Crippen molar-refractivity contribution >= 4 is 0 Å². The van der Waals surface area contributed by atoms with E-state index in [4.69, 9.17) is 10.00 Å². The van der Waals surface area contributed by atoms with Gasteiger partial charge in [0.1, 0.15) is 18.2 Å². The lowest BCUT2D eigenvalue weighted by Crippen LogP contribution is -2.09. The van der Waals surface area contributed by atoms with Crippen LogP contribution in [0.3, 0.4) is 0 Å². The van der Waals surface area contributed by atoms with Crippen molar-refractivity contribution in [1.82, 2.24) is 0 Å². The van der Waals surface area contributed by atoms with E-state index in [1.54, 1.807) is 0 Å². The van der Waals surface area contributed by atoms with Crippen molar-refractivity contribution in [2.45, 2.75) is 12.8 Å². The second-order valence-electron chi connectivity index (χ2n) is 4.20. The van der Waals surface area contributed by atoms with Gasteiger partial charge < -0.3 is 4.74 Å². The topological polar surface area (TPSA) is 33.0 Å². The summed E-state index contributed by atoms with van der Waals surface area (Å²) in [6, 6.07) is 10.1. The molecule has 0 spiro atoms. The first-order valence-corrected chi connectivity index (χ1v) is 5.89. The van der Waals surface area contributed by atoms with Gasteiger partial charge in [0.15, 0.2) is 0 Å². The molecule has 2 aromatic carbocycles. The lowest BCUT2D eigenvalue weighted by Gasteiger charge is -2.14. The first-order chi connectivity index (χ1) is 9.91. The molecular formula is C15H9F4NO. The maximum atomic E-state index is 13.5. The van der Waals surface area contributed by atoms with Gasteiger partial charge in [0.05, 0.1) is 17.2 Å². The fourth-order valence-electron chi connectivity index (χ4n) is 1.74. The van der Waals surface area contributed by atoms with Crippen molar-refractivity contribution < 1.29 is 22.3 Å². The molecule has 0 N–H and O–H groups in total. The van der Waals surface area contributed by atoms with Crippen molar-refractivity contribution in [2.75, 3.05) is 0 Å². The zero-order valence-electron chi connectivity index (χ0n) is 10.6. The Hall–Kier alpha value is -2.55. The monoisotopic (exact) mass is 295 g/mol. The molecule has 0 aliphatic rings. The fraction of sp³-hybridized carbons (Fsp3) is 0.133. The van der Waals surface area contributed by atoms with Gasteiger partial charge in [0.2, 0.25) is 0 Å². The van der Waals surface area contributed by atoms with Crippen molar-refractivity contribution in [3.8, 4) is 11.8 Å². The number of alkyl halides is 3. The number of ether oxygens (including phenoxy) is 1. The summed E-state index contributed by atoms with van der Waals surface area (Å²) in [5.41, 5.74) is -0.702. The molecule has 6 heteroatoms. The summed E-state index contributed by atoms with van der Waals surface area (Å²) in [7, 11) is 0. The van der Waals surface area contributed by atoms with Gasteiger partial charge in [-0.25, -0.2) is 4.39 Å². The number of rotatable bonds is 3. The van der Waals surface area contributed by atoms with Crippen LogP contribution in [0.15, 0.2) is 42.5 Å². The van der Waals surface area contributed by atoms with Gasteiger partial charge in [0.25, 0.3) is 0 Å². The predicted octanol–water partition coefficient (Wildman–Crippen LogP) is 4.30. The minimum atomic E-state index is -4.55. The summed E-state index contributed by atoms with van der Waals surface area (Å²) < 4.78 is 56.9. The minimum Gasteiger partial charge on any atom is -0.488 e. The van der Waals surface area contributed by atoms with E-state index in [0.717, 1.165) is 18.2 Å². The average Bonchev–Trinajstić information content (AvgIpc) is 2.46. The fourth-order valence-corrected chi connectivity index (χ4v) is 1.74. The summed E-state index contributed by atoms with van der Waals surface area (Å²) in [5, 5.41) is 8.73. The van der Waals surface area contributed by atoms with Gasteiger partial charge in [0, 0.05) is 5.56 Å². The molecule has 0 radical (unpaired) electrons. The summed E-state index contributed by atoms with van der Waals surface area (Å²) in [6.45, 7) is -0.394. The molecule has 0 amide bonds. The molecule has 0 saturated carbocycles. The van der Waals surface area contributed by atoms with E-state index in [1.165, 1.54) is 24.3 Å². The first-order valence-electron chi connectivity index (χ1n) is 5.89. The number of benzene rings is 2. The average molecular weight is 295 g/mol. The SMILES string of the molecule is N#Cc1ccc(F)c(COc2ccccc2C(F)(F)F)c1. The molecule has 0 bridgehead atoms. The van der Waals surface area contributed by atoms with Gasteiger partial charge in [-0.05, 0) is 30.3 Å². The largest absolute Gasteiger partial charge is 0.488 e. The van der Waals surface area contributed by atoms with Crippen molar-refractivity contribution in [3.63, 3.8) is 0 Å². The zero-order chi connectivity index (χ0) is 15.5. The molecule has 21 heavy (non-hydrogen) atoms. The Bertz CT molecular complexity index is 689.